The van der Waals surface area contributed by atoms with Crippen LogP contribution in [0.25, 0.3) is 0 Å². The molecule has 380 valence electrons. The second kappa shape index (κ2) is 27.2. The SMILES string of the molecule is COc1ccc(OC2OC(COCc3ccccc3)C(OC3OC(COCc4ccccc4)C(OCc4ccccc4)C(O)C3OCc3ccccc3)C(OCc3ccccc3)C2OCc2ccccc2)cc1. The van der Waals surface area contributed by atoms with Gasteiger partial charge in [0, 0.05) is 0 Å². The molecule has 2 aliphatic heterocycles. The summed E-state index contributed by atoms with van der Waals surface area (Å²) in [6, 6.07) is 66.5. The fourth-order valence-corrected chi connectivity index (χ4v) is 8.90. The van der Waals surface area contributed by atoms with Crippen molar-refractivity contribution in [1.82, 2.24) is 0 Å². The minimum atomic E-state index is -1.26. The Balaban J connectivity index is 1.09. The molecule has 2 fully saturated rings. The fraction of sp³-hybridized carbons (Fsp3) is 0.311. The van der Waals surface area contributed by atoms with Gasteiger partial charge in [0.05, 0.1) is 60.0 Å². The van der Waals surface area contributed by atoms with Gasteiger partial charge in [0.15, 0.2) is 6.29 Å². The van der Waals surface area contributed by atoms with E-state index in [-0.39, 0.29) is 39.6 Å². The lowest BCUT2D eigenvalue weighted by Crippen LogP contribution is -2.66. The molecule has 2 aliphatic rings. The molecule has 10 unspecified atom stereocenters. The van der Waals surface area contributed by atoms with Crippen LogP contribution in [0.5, 0.6) is 11.5 Å². The van der Waals surface area contributed by atoms with Crippen molar-refractivity contribution in [1.29, 1.82) is 0 Å². The van der Waals surface area contributed by atoms with Gasteiger partial charge in [-0.15, -0.1) is 0 Å². The summed E-state index contributed by atoms with van der Waals surface area (Å²) in [5.41, 5.74) is 5.67. The summed E-state index contributed by atoms with van der Waals surface area (Å²) in [4.78, 5) is 0. The highest BCUT2D eigenvalue weighted by molar-refractivity contribution is 5.31. The van der Waals surface area contributed by atoms with Gasteiger partial charge in [0.2, 0.25) is 6.29 Å². The van der Waals surface area contributed by atoms with Gasteiger partial charge in [0.1, 0.15) is 60.3 Å². The molecule has 0 bridgehead atoms. The molecule has 10 atom stereocenters. The maximum Gasteiger partial charge on any atom is 0.229 e. The predicted octanol–water partition coefficient (Wildman–Crippen LogP) is 10.0. The lowest BCUT2D eigenvalue weighted by Gasteiger charge is -2.49. The van der Waals surface area contributed by atoms with Crippen LogP contribution in [0, 0.1) is 0 Å². The molecule has 2 heterocycles. The van der Waals surface area contributed by atoms with E-state index in [9.17, 15) is 5.11 Å². The lowest BCUT2D eigenvalue weighted by molar-refractivity contribution is -0.369. The Morgan fingerprint density at radius 2 is 0.699 bits per heavy atom. The first-order valence-electron chi connectivity index (χ1n) is 24.9. The molecule has 0 saturated carbocycles. The highest BCUT2D eigenvalue weighted by Crippen LogP contribution is 2.36. The molecule has 1 N–H and O–H groups in total. The molecule has 2 saturated heterocycles. The van der Waals surface area contributed by atoms with Crippen molar-refractivity contribution in [3.8, 4) is 11.5 Å². The fourth-order valence-electron chi connectivity index (χ4n) is 8.90. The van der Waals surface area contributed by atoms with Crippen LogP contribution >= 0.6 is 0 Å². The zero-order valence-corrected chi connectivity index (χ0v) is 41.0. The normalized spacial score (nSPS) is 23.9. The van der Waals surface area contributed by atoms with E-state index in [0.717, 1.165) is 33.4 Å². The summed E-state index contributed by atoms with van der Waals surface area (Å²) in [6.45, 7) is 1.47. The number of rotatable bonds is 25. The third kappa shape index (κ3) is 14.9. The lowest BCUT2D eigenvalue weighted by atomic mass is 9.96. The van der Waals surface area contributed by atoms with Gasteiger partial charge < -0.3 is 57.2 Å². The molecule has 7 aromatic rings. The van der Waals surface area contributed by atoms with Crippen molar-refractivity contribution < 1.29 is 57.2 Å². The first kappa shape index (κ1) is 51.6. The van der Waals surface area contributed by atoms with E-state index in [2.05, 4.69) is 0 Å². The number of methoxy groups -OCH3 is 1. The molecule has 7 aromatic carbocycles. The molecule has 0 aliphatic carbocycles. The first-order chi connectivity index (χ1) is 36.1. The van der Waals surface area contributed by atoms with Crippen LogP contribution in [0.1, 0.15) is 33.4 Å². The van der Waals surface area contributed by atoms with Crippen molar-refractivity contribution in [2.45, 2.75) is 101 Å². The van der Waals surface area contributed by atoms with E-state index in [1.807, 2.05) is 206 Å². The molecular formula is C61H64O12. The molecule has 0 aromatic heterocycles. The zero-order valence-electron chi connectivity index (χ0n) is 41.0. The van der Waals surface area contributed by atoms with Crippen molar-refractivity contribution >= 4 is 0 Å². The van der Waals surface area contributed by atoms with Crippen molar-refractivity contribution in [2.75, 3.05) is 20.3 Å². The Bertz CT molecular complexity index is 2600. The second-order valence-corrected chi connectivity index (χ2v) is 18.0. The number of ether oxygens (including phenoxy) is 11. The smallest absolute Gasteiger partial charge is 0.229 e. The standard InChI is InChI=1S/C61H64O12/c1-63-50-32-34-51(35-33-50)70-61-59(69-41-49-30-18-7-19-31-49)58(68-40-48-28-16-6-17-29-48)56(53(72-61)43-65-37-45-22-10-3-11-23-45)73-60-57(67-39-47-26-14-5-15-27-47)54(62)55(66-38-46-24-12-4-13-25-46)52(71-60)42-64-36-44-20-8-2-9-21-44/h2-35,52-62H,36-43H2,1H3. The quantitative estimate of drug-likeness (QED) is 0.0587. The molecule has 12 nitrogen and oxygen atoms in total. The molecule has 0 amide bonds. The molecule has 9 rings (SSSR count). The van der Waals surface area contributed by atoms with E-state index in [1.165, 1.54) is 0 Å². The number of hydrogen-bond acceptors (Lipinski definition) is 12. The summed E-state index contributed by atoms with van der Waals surface area (Å²) in [6.07, 6.45) is -9.89. The molecule has 12 heteroatoms. The van der Waals surface area contributed by atoms with Crippen LogP contribution in [0.15, 0.2) is 206 Å². The summed E-state index contributed by atoms with van der Waals surface area (Å²) < 4.78 is 73.9. The Morgan fingerprint density at radius 3 is 1.12 bits per heavy atom. The Morgan fingerprint density at radius 1 is 0.356 bits per heavy atom. The Labute approximate surface area is 428 Å². The first-order valence-corrected chi connectivity index (χ1v) is 24.9. The van der Waals surface area contributed by atoms with Gasteiger partial charge in [-0.05, 0) is 57.6 Å². The number of aliphatic hydroxyl groups is 1. The van der Waals surface area contributed by atoms with Gasteiger partial charge in [-0.25, -0.2) is 0 Å². The molecule has 73 heavy (non-hydrogen) atoms. The molecule has 0 spiro atoms. The largest absolute Gasteiger partial charge is 0.497 e. The van der Waals surface area contributed by atoms with Crippen molar-refractivity contribution in [2.24, 2.45) is 0 Å². The summed E-state index contributed by atoms with van der Waals surface area (Å²) in [5, 5.41) is 12.7. The predicted molar refractivity (Wildman–Crippen MR) is 274 cm³/mol. The summed E-state index contributed by atoms with van der Waals surface area (Å²) in [5.74, 6) is 1.20. The van der Waals surface area contributed by atoms with Crippen molar-refractivity contribution in [3.05, 3.63) is 240 Å². The van der Waals surface area contributed by atoms with E-state index in [4.69, 9.17) is 52.1 Å². The van der Waals surface area contributed by atoms with Crippen LogP contribution < -0.4 is 9.47 Å². The second-order valence-electron chi connectivity index (χ2n) is 18.0. The van der Waals surface area contributed by atoms with Crippen LogP contribution in [0.2, 0.25) is 0 Å². The monoisotopic (exact) mass is 988 g/mol. The minimum absolute atomic E-state index is 0.0515. The number of hydrogen-bond donors (Lipinski definition) is 1. The van der Waals surface area contributed by atoms with Crippen LogP contribution in [0.3, 0.4) is 0 Å². The van der Waals surface area contributed by atoms with Gasteiger partial charge in [0.25, 0.3) is 0 Å². The highest BCUT2D eigenvalue weighted by atomic mass is 16.8. The third-order valence-electron chi connectivity index (χ3n) is 12.7. The van der Waals surface area contributed by atoms with E-state index >= 15 is 0 Å². The summed E-state index contributed by atoms with van der Waals surface area (Å²) in [7, 11) is 1.62. The van der Waals surface area contributed by atoms with Gasteiger partial charge in [-0.2, -0.15) is 0 Å². The maximum atomic E-state index is 12.7. The zero-order chi connectivity index (χ0) is 49.9. The van der Waals surface area contributed by atoms with E-state index in [1.54, 1.807) is 7.11 Å². The van der Waals surface area contributed by atoms with Gasteiger partial charge >= 0.3 is 0 Å². The maximum absolute atomic E-state index is 12.7. The van der Waals surface area contributed by atoms with Gasteiger partial charge in [-0.3, -0.25) is 0 Å². The molecule has 0 radical (unpaired) electrons. The van der Waals surface area contributed by atoms with E-state index in [0.29, 0.717) is 24.7 Å². The van der Waals surface area contributed by atoms with Crippen LogP contribution in [0.4, 0.5) is 0 Å². The Hall–Kier alpha value is -6.26. The van der Waals surface area contributed by atoms with Crippen molar-refractivity contribution in [3.63, 3.8) is 0 Å². The third-order valence-corrected chi connectivity index (χ3v) is 12.7. The highest BCUT2D eigenvalue weighted by Gasteiger charge is 2.54. The average Bonchev–Trinajstić information content (AvgIpc) is 3.44. The van der Waals surface area contributed by atoms with Crippen LogP contribution in [-0.4, -0.2) is 86.8 Å². The van der Waals surface area contributed by atoms with Gasteiger partial charge in [-0.1, -0.05) is 182 Å². The number of aliphatic hydroxyl groups excluding tert-OH is 1. The van der Waals surface area contributed by atoms with E-state index < -0.39 is 61.4 Å². The number of benzene rings is 7. The summed E-state index contributed by atoms with van der Waals surface area (Å²) >= 11 is 0. The Kier molecular flexibility index (Phi) is 19.2. The average molecular weight is 989 g/mol. The topological polar surface area (TPSA) is 122 Å². The molecular weight excluding hydrogens is 925 g/mol. The van der Waals surface area contributed by atoms with Crippen LogP contribution in [-0.2, 0) is 82.3 Å². The minimum Gasteiger partial charge on any atom is -0.497 e.